The predicted octanol–water partition coefficient (Wildman–Crippen LogP) is 1.17. The molecule has 0 bridgehead atoms. The summed E-state index contributed by atoms with van der Waals surface area (Å²) in [5.41, 5.74) is 2.11. The maximum absolute atomic E-state index is 9.34. The number of aromatic nitrogens is 2. The first-order valence-corrected chi connectivity index (χ1v) is 7.29. The Kier molecular flexibility index (Phi) is 3.89. The summed E-state index contributed by atoms with van der Waals surface area (Å²) in [6, 6.07) is 8.15. The van der Waals surface area contributed by atoms with Crippen molar-refractivity contribution in [3.8, 4) is 0 Å². The van der Waals surface area contributed by atoms with Gasteiger partial charge in [-0.3, -0.25) is 0 Å². The number of para-hydroxylation sites is 2. The van der Waals surface area contributed by atoms with Gasteiger partial charge in [0.05, 0.1) is 17.6 Å². The Morgan fingerprint density at radius 1 is 1.15 bits per heavy atom. The fourth-order valence-electron chi connectivity index (χ4n) is 2.87. The maximum Gasteiger partial charge on any atom is 0.206 e. The highest BCUT2D eigenvalue weighted by Gasteiger charge is 2.19. The van der Waals surface area contributed by atoms with Crippen LogP contribution >= 0.6 is 0 Å². The Bertz CT molecular complexity index is 580. The van der Waals surface area contributed by atoms with Crippen LogP contribution in [-0.4, -0.2) is 59.4 Å². The zero-order valence-corrected chi connectivity index (χ0v) is 12.0. The molecule has 108 valence electrons. The molecule has 0 spiro atoms. The Morgan fingerprint density at radius 3 is 2.85 bits per heavy atom. The summed E-state index contributed by atoms with van der Waals surface area (Å²) in [5, 5.41) is 9.34. The van der Waals surface area contributed by atoms with Gasteiger partial charge in [-0.1, -0.05) is 12.1 Å². The smallest absolute Gasteiger partial charge is 0.206 e. The molecule has 3 rings (SSSR count). The molecule has 5 heteroatoms. The third-order valence-electron chi connectivity index (χ3n) is 3.96. The van der Waals surface area contributed by atoms with Crippen molar-refractivity contribution in [2.75, 3.05) is 44.7 Å². The van der Waals surface area contributed by atoms with E-state index in [-0.39, 0.29) is 6.61 Å². The highest BCUT2D eigenvalue weighted by molar-refractivity contribution is 5.78. The lowest BCUT2D eigenvalue weighted by molar-refractivity contribution is 0.278. The summed E-state index contributed by atoms with van der Waals surface area (Å²) in [7, 11) is 2.17. The van der Waals surface area contributed by atoms with Crippen molar-refractivity contribution in [2.24, 2.45) is 0 Å². The fourth-order valence-corrected chi connectivity index (χ4v) is 2.87. The molecule has 0 saturated carbocycles. The third-order valence-corrected chi connectivity index (χ3v) is 3.96. The fraction of sp³-hybridized carbons (Fsp3) is 0.533. The Morgan fingerprint density at radius 2 is 2.00 bits per heavy atom. The van der Waals surface area contributed by atoms with Gasteiger partial charge in [0.25, 0.3) is 0 Å². The van der Waals surface area contributed by atoms with Gasteiger partial charge < -0.3 is 19.5 Å². The molecule has 0 unspecified atom stereocenters. The number of hydrogen-bond donors (Lipinski definition) is 1. The molecule has 0 atom stereocenters. The summed E-state index contributed by atoms with van der Waals surface area (Å²) in [6.07, 6.45) is 1.15. The molecule has 1 fully saturated rings. The van der Waals surface area contributed by atoms with Gasteiger partial charge in [0.1, 0.15) is 0 Å². The zero-order valence-electron chi connectivity index (χ0n) is 12.0. The van der Waals surface area contributed by atoms with Crippen LogP contribution in [0.3, 0.4) is 0 Å². The lowest BCUT2D eigenvalue weighted by Crippen LogP contribution is -2.31. The SMILES string of the molecule is CN1CCCN(c2nc3ccccc3n2CCO)CC1. The van der Waals surface area contributed by atoms with Crippen LogP contribution in [0.5, 0.6) is 0 Å². The first kappa shape index (κ1) is 13.4. The summed E-state index contributed by atoms with van der Waals surface area (Å²) in [6.45, 7) is 4.95. The van der Waals surface area contributed by atoms with Crippen molar-refractivity contribution in [3.05, 3.63) is 24.3 Å². The van der Waals surface area contributed by atoms with E-state index in [2.05, 4.69) is 27.5 Å². The molecule has 2 aromatic rings. The van der Waals surface area contributed by atoms with E-state index in [0.717, 1.165) is 49.6 Å². The Hall–Kier alpha value is -1.59. The van der Waals surface area contributed by atoms with Crippen LogP contribution < -0.4 is 4.90 Å². The lowest BCUT2D eigenvalue weighted by Gasteiger charge is -2.22. The largest absolute Gasteiger partial charge is 0.395 e. The normalized spacial score (nSPS) is 17.6. The number of imidazole rings is 1. The van der Waals surface area contributed by atoms with E-state index in [1.54, 1.807) is 0 Å². The topological polar surface area (TPSA) is 44.5 Å². The van der Waals surface area contributed by atoms with Crippen molar-refractivity contribution >= 4 is 17.0 Å². The first-order chi connectivity index (χ1) is 9.79. The van der Waals surface area contributed by atoms with E-state index in [1.807, 2.05) is 18.2 Å². The van der Waals surface area contributed by atoms with E-state index in [0.29, 0.717) is 6.54 Å². The number of rotatable bonds is 3. The summed E-state index contributed by atoms with van der Waals surface area (Å²) >= 11 is 0. The quantitative estimate of drug-likeness (QED) is 0.912. The number of nitrogens with zero attached hydrogens (tertiary/aromatic N) is 4. The van der Waals surface area contributed by atoms with Crippen molar-refractivity contribution in [1.29, 1.82) is 0 Å². The number of likely N-dealkylation sites (N-methyl/N-ethyl adjacent to an activating group) is 1. The van der Waals surface area contributed by atoms with E-state index in [1.165, 1.54) is 0 Å². The molecule has 0 amide bonds. The van der Waals surface area contributed by atoms with Crippen LogP contribution in [0.4, 0.5) is 5.95 Å². The van der Waals surface area contributed by atoms with Crippen molar-refractivity contribution in [1.82, 2.24) is 14.5 Å². The van der Waals surface area contributed by atoms with Gasteiger partial charge in [0.2, 0.25) is 5.95 Å². The second-order valence-electron chi connectivity index (χ2n) is 5.42. The highest BCUT2D eigenvalue weighted by Crippen LogP contribution is 2.23. The van der Waals surface area contributed by atoms with E-state index in [9.17, 15) is 5.11 Å². The molecule has 1 saturated heterocycles. The molecule has 0 aliphatic carbocycles. The first-order valence-electron chi connectivity index (χ1n) is 7.29. The Balaban J connectivity index is 1.98. The zero-order chi connectivity index (χ0) is 13.9. The molecule has 5 nitrogen and oxygen atoms in total. The number of fused-ring (bicyclic) bond motifs is 1. The van der Waals surface area contributed by atoms with Gasteiger partial charge in [-0.05, 0) is 32.1 Å². The number of benzene rings is 1. The Labute approximate surface area is 119 Å². The molecule has 1 aliphatic heterocycles. The monoisotopic (exact) mass is 274 g/mol. The van der Waals surface area contributed by atoms with E-state index >= 15 is 0 Å². The standard InChI is InChI=1S/C15H22N4O/c1-17-7-4-8-18(10-9-17)15-16-13-5-2-3-6-14(13)19(15)11-12-20/h2-3,5-6,20H,4,7-12H2,1H3. The number of anilines is 1. The second-order valence-corrected chi connectivity index (χ2v) is 5.42. The molecule has 1 aliphatic rings. The van der Waals surface area contributed by atoms with Crippen LogP contribution in [0.2, 0.25) is 0 Å². The van der Waals surface area contributed by atoms with Gasteiger partial charge in [-0.2, -0.15) is 0 Å². The van der Waals surface area contributed by atoms with E-state index < -0.39 is 0 Å². The van der Waals surface area contributed by atoms with Crippen molar-refractivity contribution in [2.45, 2.75) is 13.0 Å². The molecule has 1 aromatic carbocycles. The average Bonchev–Trinajstić information content (AvgIpc) is 2.67. The van der Waals surface area contributed by atoms with Gasteiger partial charge in [0, 0.05) is 26.2 Å². The van der Waals surface area contributed by atoms with Crippen molar-refractivity contribution < 1.29 is 5.11 Å². The van der Waals surface area contributed by atoms with Crippen LogP contribution in [0, 0.1) is 0 Å². The molecular weight excluding hydrogens is 252 g/mol. The van der Waals surface area contributed by atoms with Gasteiger partial charge in [-0.25, -0.2) is 4.98 Å². The molecule has 1 N–H and O–H groups in total. The van der Waals surface area contributed by atoms with Gasteiger partial charge in [0.15, 0.2) is 0 Å². The summed E-state index contributed by atoms with van der Waals surface area (Å²) in [5.74, 6) is 0.996. The van der Waals surface area contributed by atoms with Crippen LogP contribution in [0.15, 0.2) is 24.3 Å². The van der Waals surface area contributed by atoms with Crippen LogP contribution in [-0.2, 0) is 6.54 Å². The average molecular weight is 274 g/mol. The molecule has 20 heavy (non-hydrogen) atoms. The highest BCUT2D eigenvalue weighted by atomic mass is 16.3. The number of hydrogen-bond acceptors (Lipinski definition) is 4. The summed E-state index contributed by atoms with van der Waals surface area (Å²) in [4.78, 5) is 9.49. The number of aliphatic hydroxyl groups is 1. The van der Waals surface area contributed by atoms with Crippen molar-refractivity contribution in [3.63, 3.8) is 0 Å². The van der Waals surface area contributed by atoms with Crippen LogP contribution in [0.25, 0.3) is 11.0 Å². The van der Waals surface area contributed by atoms with Gasteiger partial charge >= 0.3 is 0 Å². The maximum atomic E-state index is 9.34. The minimum atomic E-state index is 0.140. The minimum absolute atomic E-state index is 0.140. The van der Waals surface area contributed by atoms with Gasteiger partial charge in [-0.15, -0.1) is 0 Å². The van der Waals surface area contributed by atoms with E-state index in [4.69, 9.17) is 4.98 Å². The molecule has 0 radical (unpaired) electrons. The lowest BCUT2D eigenvalue weighted by atomic mass is 10.3. The minimum Gasteiger partial charge on any atom is -0.395 e. The molecule has 1 aromatic heterocycles. The number of aliphatic hydroxyl groups excluding tert-OH is 1. The summed E-state index contributed by atoms with van der Waals surface area (Å²) < 4.78 is 2.14. The third kappa shape index (κ3) is 2.51. The predicted molar refractivity (Wildman–Crippen MR) is 81.1 cm³/mol. The second kappa shape index (κ2) is 5.81. The molecule has 2 heterocycles. The van der Waals surface area contributed by atoms with Crippen LogP contribution in [0.1, 0.15) is 6.42 Å². The molecular formula is C15H22N4O.